The van der Waals surface area contributed by atoms with Crippen LogP contribution in [0.5, 0.6) is 0 Å². The standard InChI is InChI=1S/C21H16ClN3/c22-18-3-1-2-15(12-18)14-25-21-8-11-24-20-5-4-17(13-19(20)21)16-6-9-23-10-7-16/h1-13H,14H2,(H,24,25). The van der Waals surface area contributed by atoms with Gasteiger partial charge in [-0.15, -0.1) is 0 Å². The Kier molecular flexibility index (Phi) is 4.32. The van der Waals surface area contributed by atoms with Crippen LogP contribution in [0.3, 0.4) is 0 Å². The Morgan fingerprint density at radius 1 is 0.840 bits per heavy atom. The summed E-state index contributed by atoms with van der Waals surface area (Å²) in [5.41, 5.74) is 5.45. The van der Waals surface area contributed by atoms with Crippen molar-refractivity contribution in [3.63, 3.8) is 0 Å². The van der Waals surface area contributed by atoms with Crippen LogP contribution in [0.4, 0.5) is 5.69 Å². The van der Waals surface area contributed by atoms with Crippen molar-refractivity contribution >= 4 is 28.2 Å². The van der Waals surface area contributed by atoms with E-state index in [9.17, 15) is 0 Å². The van der Waals surface area contributed by atoms with Crippen molar-refractivity contribution in [3.8, 4) is 11.1 Å². The van der Waals surface area contributed by atoms with E-state index in [4.69, 9.17) is 11.6 Å². The summed E-state index contributed by atoms with van der Waals surface area (Å²) in [6.07, 6.45) is 5.44. The lowest BCUT2D eigenvalue weighted by atomic mass is 10.0. The van der Waals surface area contributed by atoms with E-state index in [1.807, 2.05) is 42.6 Å². The minimum atomic E-state index is 0.707. The van der Waals surface area contributed by atoms with Gasteiger partial charge in [-0.05, 0) is 59.2 Å². The van der Waals surface area contributed by atoms with Gasteiger partial charge in [0.15, 0.2) is 0 Å². The molecule has 4 rings (SSSR count). The molecule has 0 aliphatic rings. The van der Waals surface area contributed by atoms with Crippen molar-refractivity contribution in [1.82, 2.24) is 9.97 Å². The molecule has 0 atom stereocenters. The van der Waals surface area contributed by atoms with E-state index in [1.165, 1.54) is 0 Å². The predicted molar refractivity (Wildman–Crippen MR) is 104 cm³/mol. The van der Waals surface area contributed by atoms with Crippen LogP contribution in [0.2, 0.25) is 5.02 Å². The SMILES string of the molecule is Clc1cccc(CNc2ccnc3ccc(-c4ccncc4)cc23)c1. The molecule has 2 aromatic carbocycles. The van der Waals surface area contributed by atoms with Gasteiger partial charge in [-0.1, -0.05) is 29.8 Å². The number of nitrogens with zero attached hydrogens (tertiary/aromatic N) is 2. The molecule has 0 amide bonds. The highest BCUT2D eigenvalue weighted by Gasteiger charge is 2.05. The summed E-state index contributed by atoms with van der Waals surface area (Å²) in [5, 5.41) is 5.34. The summed E-state index contributed by atoms with van der Waals surface area (Å²) >= 11 is 6.07. The lowest BCUT2D eigenvalue weighted by molar-refractivity contribution is 1.15. The summed E-state index contributed by atoms with van der Waals surface area (Å²) in [6.45, 7) is 0.707. The van der Waals surface area contributed by atoms with Gasteiger partial charge in [0.2, 0.25) is 0 Å². The largest absolute Gasteiger partial charge is 0.380 e. The average Bonchev–Trinajstić information content (AvgIpc) is 2.67. The van der Waals surface area contributed by atoms with Crippen molar-refractivity contribution in [3.05, 3.63) is 89.8 Å². The minimum absolute atomic E-state index is 0.707. The number of benzene rings is 2. The summed E-state index contributed by atoms with van der Waals surface area (Å²) < 4.78 is 0. The molecule has 4 heteroatoms. The number of rotatable bonds is 4. The summed E-state index contributed by atoms with van der Waals surface area (Å²) in [6, 6.07) is 20.2. The molecule has 0 saturated heterocycles. The van der Waals surface area contributed by atoms with Crippen molar-refractivity contribution in [2.24, 2.45) is 0 Å². The number of halogens is 1. The van der Waals surface area contributed by atoms with Crippen LogP contribution in [0, 0.1) is 0 Å². The zero-order valence-electron chi connectivity index (χ0n) is 13.5. The third-order valence-corrected chi connectivity index (χ3v) is 4.36. The molecule has 1 N–H and O–H groups in total. The third-order valence-electron chi connectivity index (χ3n) is 4.13. The molecule has 122 valence electrons. The molecule has 0 spiro atoms. The molecule has 0 radical (unpaired) electrons. The molecule has 0 unspecified atom stereocenters. The summed E-state index contributed by atoms with van der Waals surface area (Å²) in [7, 11) is 0. The van der Waals surface area contributed by atoms with Gasteiger partial charge < -0.3 is 5.32 Å². The highest BCUT2D eigenvalue weighted by atomic mass is 35.5. The molecular weight excluding hydrogens is 330 g/mol. The molecule has 0 aliphatic heterocycles. The van der Waals surface area contributed by atoms with E-state index < -0.39 is 0 Å². The van der Waals surface area contributed by atoms with Crippen LogP contribution in [-0.4, -0.2) is 9.97 Å². The average molecular weight is 346 g/mol. The van der Waals surface area contributed by atoms with Crippen LogP contribution < -0.4 is 5.32 Å². The highest BCUT2D eigenvalue weighted by molar-refractivity contribution is 6.30. The molecule has 25 heavy (non-hydrogen) atoms. The van der Waals surface area contributed by atoms with E-state index in [1.54, 1.807) is 12.4 Å². The first kappa shape index (κ1) is 15.6. The molecule has 4 aromatic rings. The first-order chi connectivity index (χ1) is 12.3. The fourth-order valence-corrected chi connectivity index (χ4v) is 3.08. The quantitative estimate of drug-likeness (QED) is 0.526. The van der Waals surface area contributed by atoms with Crippen molar-refractivity contribution in [1.29, 1.82) is 0 Å². The third kappa shape index (κ3) is 3.47. The van der Waals surface area contributed by atoms with Crippen molar-refractivity contribution in [2.45, 2.75) is 6.54 Å². The Morgan fingerprint density at radius 3 is 2.56 bits per heavy atom. The Hall–Kier alpha value is -2.91. The van der Waals surface area contributed by atoms with Gasteiger partial charge >= 0.3 is 0 Å². The van der Waals surface area contributed by atoms with Crippen LogP contribution in [-0.2, 0) is 6.54 Å². The fraction of sp³-hybridized carbons (Fsp3) is 0.0476. The van der Waals surface area contributed by atoms with E-state index in [2.05, 4.69) is 39.6 Å². The Balaban J connectivity index is 1.68. The molecule has 2 aromatic heterocycles. The van der Waals surface area contributed by atoms with E-state index >= 15 is 0 Å². The highest BCUT2D eigenvalue weighted by Crippen LogP contribution is 2.28. The fourth-order valence-electron chi connectivity index (χ4n) is 2.87. The van der Waals surface area contributed by atoms with E-state index in [-0.39, 0.29) is 0 Å². The molecule has 0 fully saturated rings. The van der Waals surface area contributed by atoms with Gasteiger partial charge in [0.25, 0.3) is 0 Å². The van der Waals surface area contributed by atoms with Gasteiger partial charge in [0, 0.05) is 41.2 Å². The Morgan fingerprint density at radius 2 is 1.72 bits per heavy atom. The van der Waals surface area contributed by atoms with Crippen LogP contribution in [0.25, 0.3) is 22.0 Å². The molecule has 0 aliphatic carbocycles. The Bertz CT molecular complexity index is 1020. The van der Waals surface area contributed by atoms with Gasteiger partial charge in [-0.3, -0.25) is 9.97 Å². The van der Waals surface area contributed by atoms with Gasteiger partial charge in [-0.25, -0.2) is 0 Å². The maximum atomic E-state index is 6.07. The number of aromatic nitrogens is 2. The smallest absolute Gasteiger partial charge is 0.0723 e. The Labute approximate surface area is 151 Å². The number of anilines is 1. The van der Waals surface area contributed by atoms with Gasteiger partial charge in [-0.2, -0.15) is 0 Å². The minimum Gasteiger partial charge on any atom is -0.380 e. The van der Waals surface area contributed by atoms with E-state index in [0.717, 1.165) is 38.3 Å². The number of nitrogens with one attached hydrogen (secondary N) is 1. The molecule has 0 bridgehead atoms. The zero-order valence-corrected chi connectivity index (χ0v) is 14.2. The second-order valence-electron chi connectivity index (χ2n) is 5.81. The van der Waals surface area contributed by atoms with Crippen molar-refractivity contribution < 1.29 is 0 Å². The second-order valence-corrected chi connectivity index (χ2v) is 6.25. The zero-order chi connectivity index (χ0) is 17.1. The molecule has 3 nitrogen and oxygen atoms in total. The first-order valence-electron chi connectivity index (χ1n) is 8.07. The normalized spacial score (nSPS) is 10.8. The maximum Gasteiger partial charge on any atom is 0.0723 e. The summed E-state index contributed by atoms with van der Waals surface area (Å²) in [5.74, 6) is 0. The number of fused-ring (bicyclic) bond motifs is 1. The van der Waals surface area contributed by atoms with Crippen LogP contribution in [0.1, 0.15) is 5.56 Å². The molecular formula is C21H16ClN3. The number of hydrogen-bond donors (Lipinski definition) is 1. The molecule has 2 heterocycles. The maximum absolute atomic E-state index is 6.07. The van der Waals surface area contributed by atoms with E-state index in [0.29, 0.717) is 6.54 Å². The number of pyridine rings is 2. The second kappa shape index (κ2) is 6.91. The van der Waals surface area contributed by atoms with Gasteiger partial charge in [0.1, 0.15) is 0 Å². The van der Waals surface area contributed by atoms with Crippen LogP contribution >= 0.6 is 11.6 Å². The monoisotopic (exact) mass is 345 g/mol. The predicted octanol–water partition coefficient (Wildman–Crippen LogP) is 5.56. The first-order valence-corrected chi connectivity index (χ1v) is 8.45. The lowest BCUT2D eigenvalue weighted by Crippen LogP contribution is -2.00. The van der Waals surface area contributed by atoms with Crippen LogP contribution in [0.15, 0.2) is 79.3 Å². The topological polar surface area (TPSA) is 37.8 Å². The van der Waals surface area contributed by atoms with Crippen molar-refractivity contribution in [2.75, 3.05) is 5.32 Å². The lowest BCUT2D eigenvalue weighted by Gasteiger charge is -2.11. The number of hydrogen-bond acceptors (Lipinski definition) is 3. The van der Waals surface area contributed by atoms with Gasteiger partial charge in [0.05, 0.1) is 5.52 Å². The molecule has 0 saturated carbocycles. The summed E-state index contributed by atoms with van der Waals surface area (Å²) in [4.78, 5) is 8.56.